The maximum Gasteiger partial charge on any atom is 0.305 e. The van der Waals surface area contributed by atoms with Crippen LogP contribution in [0.1, 0.15) is 44.4 Å². The molecule has 5 atom stereocenters. The van der Waals surface area contributed by atoms with Gasteiger partial charge in [0.05, 0.1) is 6.61 Å². The van der Waals surface area contributed by atoms with Crippen molar-refractivity contribution in [3.63, 3.8) is 0 Å². The Morgan fingerprint density at radius 1 is 0.558 bits per heavy atom. The first-order chi connectivity index (χ1) is 20.6. The van der Waals surface area contributed by atoms with Gasteiger partial charge >= 0.3 is 23.9 Å². The summed E-state index contributed by atoms with van der Waals surface area (Å²) in [7, 11) is 0. The van der Waals surface area contributed by atoms with Crippen LogP contribution < -0.4 is 0 Å². The minimum atomic E-state index is -1.49. The maximum atomic E-state index is 12.3. The van der Waals surface area contributed by atoms with Gasteiger partial charge in [-0.05, 0) is 16.7 Å². The fourth-order valence-corrected chi connectivity index (χ4v) is 5.22. The fourth-order valence-electron chi connectivity index (χ4n) is 5.22. The molecule has 1 heterocycles. The van der Waals surface area contributed by atoms with E-state index in [1.165, 1.54) is 6.92 Å². The van der Waals surface area contributed by atoms with Crippen LogP contribution in [0.3, 0.4) is 0 Å². The Labute approximate surface area is 249 Å². The summed E-state index contributed by atoms with van der Waals surface area (Å²) in [5, 5.41) is 0. The summed E-state index contributed by atoms with van der Waals surface area (Å²) in [5.74, 6) is -2.93. The molecule has 0 saturated carbocycles. The highest BCUT2D eigenvalue weighted by molar-refractivity contribution is 5.69. The molecule has 0 spiro atoms. The summed E-state index contributed by atoms with van der Waals surface area (Å²) in [6, 6.07) is 28.7. The van der Waals surface area contributed by atoms with Gasteiger partial charge < -0.3 is 28.4 Å². The van der Waals surface area contributed by atoms with E-state index in [2.05, 4.69) is 0 Å². The molecule has 1 aliphatic rings. The molecule has 10 nitrogen and oxygen atoms in total. The van der Waals surface area contributed by atoms with Crippen LogP contribution in [0.15, 0.2) is 91.0 Å². The second-order valence-corrected chi connectivity index (χ2v) is 9.96. The van der Waals surface area contributed by atoms with E-state index >= 15 is 0 Å². The summed E-state index contributed by atoms with van der Waals surface area (Å²) >= 11 is 0. The Morgan fingerprint density at radius 3 is 1.33 bits per heavy atom. The highest BCUT2D eigenvalue weighted by Crippen LogP contribution is 2.41. The predicted molar refractivity (Wildman–Crippen MR) is 152 cm³/mol. The molecule has 0 radical (unpaired) electrons. The minimum Gasteiger partial charge on any atom is -0.456 e. The number of carbonyl (C=O) groups excluding carboxylic acids is 4. The molecular formula is C33H34O10. The Hall–Kier alpha value is -4.54. The summed E-state index contributed by atoms with van der Waals surface area (Å²) in [5.41, 5.74) is 1.24. The van der Waals surface area contributed by atoms with Crippen molar-refractivity contribution in [1.29, 1.82) is 0 Å². The monoisotopic (exact) mass is 590 g/mol. The molecule has 0 aliphatic carbocycles. The van der Waals surface area contributed by atoms with E-state index in [0.29, 0.717) is 0 Å². The smallest absolute Gasteiger partial charge is 0.305 e. The largest absolute Gasteiger partial charge is 0.456 e. The molecule has 0 unspecified atom stereocenters. The van der Waals surface area contributed by atoms with Crippen molar-refractivity contribution in [3.8, 4) is 0 Å². The van der Waals surface area contributed by atoms with Crippen molar-refractivity contribution in [3.05, 3.63) is 108 Å². The third-order valence-corrected chi connectivity index (χ3v) is 6.78. The Morgan fingerprint density at radius 2 is 0.930 bits per heavy atom. The van der Waals surface area contributed by atoms with Gasteiger partial charge in [-0.25, -0.2) is 0 Å². The Kier molecular flexibility index (Phi) is 10.3. The van der Waals surface area contributed by atoms with Crippen LogP contribution in [0.2, 0.25) is 0 Å². The third-order valence-electron chi connectivity index (χ3n) is 6.78. The normalized spacial score (nSPS) is 21.7. The van der Waals surface area contributed by atoms with Crippen molar-refractivity contribution < 1.29 is 47.6 Å². The quantitative estimate of drug-likeness (QED) is 0.194. The maximum absolute atomic E-state index is 12.3. The molecule has 226 valence electrons. The van der Waals surface area contributed by atoms with Crippen LogP contribution in [0.25, 0.3) is 0 Å². The Bertz CT molecular complexity index is 1300. The van der Waals surface area contributed by atoms with E-state index in [1.807, 2.05) is 91.0 Å². The molecule has 0 amide bonds. The SMILES string of the molecule is CC(=O)O[C@@H]1O[C@H](COC(c2ccccc2)(c2ccccc2)c2ccccc2)[C@H](OC(C)=O)[C@H](OC(C)=O)[C@H]1OC(C)=O. The molecule has 1 saturated heterocycles. The van der Waals surface area contributed by atoms with Crippen LogP contribution >= 0.6 is 0 Å². The molecule has 0 aromatic heterocycles. The van der Waals surface area contributed by atoms with Crippen LogP contribution in [0.4, 0.5) is 0 Å². The summed E-state index contributed by atoms with van der Waals surface area (Å²) in [6.07, 6.45) is -6.73. The molecule has 1 aliphatic heterocycles. The molecule has 4 rings (SSSR count). The highest BCUT2D eigenvalue weighted by atomic mass is 16.7. The predicted octanol–water partition coefficient (Wildman–Crippen LogP) is 4.08. The summed E-state index contributed by atoms with van der Waals surface area (Å²) < 4.78 is 34.9. The first-order valence-corrected chi connectivity index (χ1v) is 13.8. The van der Waals surface area contributed by atoms with Crippen molar-refractivity contribution in [1.82, 2.24) is 0 Å². The van der Waals surface area contributed by atoms with Crippen LogP contribution in [0.5, 0.6) is 0 Å². The number of hydrogen-bond donors (Lipinski definition) is 0. The number of rotatable bonds is 10. The number of esters is 4. The second kappa shape index (κ2) is 14.1. The number of carbonyl (C=O) groups is 4. The van der Waals surface area contributed by atoms with Gasteiger partial charge in [0.1, 0.15) is 11.7 Å². The minimum absolute atomic E-state index is 0.237. The van der Waals surface area contributed by atoms with Gasteiger partial charge in [0.25, 0.3) is 0 Å². The van der Waals surface area contributed by atoms with Crippen molar-refractivity contribution in [2.75, 3.05) is 6.61 Å². The van der Waals surface area contributed by atoms with E-state index < -0.39 is 60.2 Å². The lowest BCUT2D eigenvalue weighted by Gasteiger charge is -2.45. The van der Waals surface area contributed by atoms with E-state index in [4.69, 9.17) is 28.4 Å². The number of hydrogen-bond acceptors (Lipinski definition) is 10. The molecule has 43 heavy (non-hydrogen) atoms. The van der Waals surface area contributed by atoms with Crippen molar-refractivity contribution in [2.45, 2.75) is 64.0 Å². The number of ether oxygens (including phenoxy) is 6. The molecule has 3 aromatic carbocycles. The van der Waals surface area contributed by atoms with Gasteiger partial charge in [-0.1, -0.05) is 91.0 Å². The molecule has 0 N–H and O–H groups in total. The lowest BCUT2D eigenvalue weighted by Crippen LogP contribution is -2.63. The molecular weight excluding hydrogens is 556 g/mol. The van der Waals surface area contributed by atoms with Gasteiger partial charge in [-0.15, -0.1) is 0 Å². The van der Waals surface area contributed by atoms with Crippen LogP contribution in [-0.4, -0.2) is 61.2 Å². The van der Waals surface area contributed by atoms with Crippen molar-refractivity contribution >= 4 is 23.9 Å². The Balaban J connectivity index is 1.83. The third kappa shape index (κ3) is 7.46. The first-order valence-electron chi connectivity index (χ1n) is 13.8. The lowest BCUT2D eigenvalue weighted by atomic mass is 9.80. The first kappa shape index (κ1) is 31.4. The highest BCUT2D eigenvalue weighted by Gasteiger charge is 2.54. The lowest BCUT2D eigenvalue weighted by molar-refractivity contribution is -0.303. The average Bonchev–Trinajstić information content (AvgIpc) is 2.97. The fraction of sp³-hybridized carbons (Fsp3) is 0.333. The van der Waals surface area contributed by atoms with Crippen LogP contribution in [0, 0.1) is 0 Å². The zero-order valence-corrected chi connectivity index (χ0v) is 24.3. The molecule has 0 bridgehead atoms. The standard InChI is InChI=1S/C33H34O10/c1-21(34)39-29-28(43-32(42-24(4)37)31(41-23(3)36)30(29)40-22(2)35)20-38-33(25-14-8-5-9-15-25,26-16-10-6-11-17-26)27-18-12-7-13-19-27/h5-19,28-32H,20H2,1-4H3/t28-,29+,30+,31-,32-/m1/s1. The molecule has 10 heteroatoms. The zero-order chi connectivity index (χ0) is 31.0. The summed E-state index contributed by atoms with van der Waals surface area (Å²) in [4.78, 5) is 48.6. The van der Waals surface area contributed by atoms with Gasteiger partial charge in [0.15, 0.2) is 12.2 Å². The molecule has 1 fully saturated rings. The van der Waals surface area contributed by atoms with E-state index in [1.54, 1.807) is 0 Å². The van der Waals surface area contributed by atoms with Crippen molar-refractivity contribution in [2.24, 2.45) is 0 Å². The van der Waals surface area contributed by atoms with Gasteiger partial charge in [0.2, 0.25) is 12.4 Å². The number of benzene rings is 3. The van der Waals surface area contributed by atoms with E-state index in [0.717, 1.165) is 37.5 Å². The summed E-state index contributed by atoms with van der Waals surface area (Å²) in [6.45, 7) is 4.40. The van der Waals surface area contributed by atoms with Gasteiger partial charge in [0, 0.05) is 27.7 Å². The van der Waals surface area contributed by atoms with Gasteiger partial charge in [-0.3, -0.25) is 19.2 Å². The van der Waals surface area contributed by atoms with E-state index in [-0.39, 0.29) is 6.61 Å². The van der Waals surface area contributed by atoms with Gasteiger partial charge in [-0.2, -0.15) is 0 Å². The average molecular weight is 591 g/mol. The molecule has 3 aromatic rings. The zero-order valence-electron chi connectivity index (χ0n) is 24.3. The topological polar surface area (TPSA) is 124 Å². The van der Waals surface area contributed by atoms with Crippen LogP contribution in [-0.2, 0) is 53.2 Å². The van der Waals surface area contributed by atoms with E-state index in [9.17, 15) is 19.2 Å². The second-order valence-electron chi connectivity index (χ2n) is 9.96.